The first-order chi connectivity index (χ1) is 11.8. The zero-order chi connectivity index (χ0) is 16.5. The Balaban J connectivity index is 1.72. The molecule has 128 valence electrons. The summed E-state index contributed by atoms with van der Waals surface area (Å²) in [6.45, 7) is 2.26. The van der Waals surface area contributed by atoms with Gasteiger partial charge in [0.25, 0.3) is 0 Å². The summed E-state index contributed by atoms with van der Waals surface area (Å²) in [6.07, 6.45) is 9.41. The van der Waals surface area contributed by atoms with Crippen molar-refractivity contribution in [2.24, 2.45) is 0 Å². The van der Waals surface area contributed by atoms with Gasteiger partial charge in [-0.1, -0.05) is 6.42 Å². The van der Waals surface area contributed by atoms with E-state index >= 15 is 0 Å². The Bertz CT molecular complexity index is 752. The number of carbonyl (C=O) groups is 1. The normalized spacial score (nSPS) is 21.0. The number of nitrogens with zero attached hydrogens (tertiary/aromatic N) is 2. The summed E-state index contributed by atoms with van der Waals surface area (Å²) in [5.41, 5.74) is 1.06. The standard InChI is InChI=1S/C18H22N2O3S/c1-2-22-18(21)12-8-9-13-14(12)15-16(19-10-20-17(15)24-13)23-11-6-4-3-5-7-11/h10-12H,2-9H2,1H3. The minimum Gasteiger partial charge on any atom is -0.474 e. The molecule has 2 heterocycles. The largest absolute Gasteiger partial charge is 0.474 e. The minimum absolute atomic E-state index is 0.136. The van der Waals surface area contributed by atoms with Gasteiger partial charge < -0.3 is 9.47 Å². The molecular formula is C18H22N2O3S. The monoisotopic (exact) mass is 346 g/mol. The van der Waals surface area contributed by atoms with Crippen molar-refractivity contribution in [2.75, 3.05) is 6.61 Å². The van der Waals surface area contributed by atoms with Crippen LogP contribution in [0.5, 0.6) is 5.88 Å². The molecule has 5 nitrogen and oxygen atoms in total. The Morgan fingerprint density at radius 3 is 2.88 bits per heavy atom. The summed E-state index contributed by atoms with van der Waals surface area (Å²) >= 11 is 1.66. The van der Waals surface area contributed by atoms with E-state index in [0.717, 1.165) is 41.5 Å². The smallest absolute Gasteiger partial charge is 0.313 e. The molecule has 0 bridgehead atoms. The molecule has 1 unspecified atom stereocenters. The molecule has 24 heavy (non-hydrogen) atoms. The maximum atomic E-state index is 12.4. The second kappa shape index (κ2) is 6.67. The van der Waals surface area contributed by atoms with Crippen LogP contribution in [0.2, 0.25) is 0 Å². The van der Waals surface area contributed by atoms with Crippen LogP contribution in [0.1, 0.15) is 61.8 Å². The quantitative estimate of drug-likeness (QED) is 0.783. The van der Waals surface area contributed by atoms with Gasteiger partial charge in [-0.15, -0.1) is 11.3 Å². The Morgan fingerprint density at radius 1 is 1.25 bits per heavy atom. The van der Waals surface area contributed by atoms with Crippen LogP contribution in [0.25, 0.3) is 10.2 Å². The summed E-state index contributed by atoms with van der Waals surface area (Å²) in [5, 5.41) is 0.943. The average molecular weight is 346 g/mol. The van der Waals surface area contributed by atoms with E-state index in [1.165, 1.54) is 24.1 Å². The molecular weight excluding hydrogens is 324 g/mol. The predicted molar refractivity (Wildman–Crippen MR) is 92.6 cm³/mol. The number of ether oxygens (including phenoxy) is 2. The van der Waals surface area contributed by atoms with Gasteiger partial charge in [-0.3, -0.25) is 4.79 Å². The van der Waals surface area contributed by atoms with E-state index in [4.69, 9.17) is 9.47 Å². The number of carbonyl (C=O) groups excluding carboxylic acids is 1. The maximum absolute atomic E-state index is 12.4. The third-order valence-corrected chi connectivity index (χ3v) is 6.15. The Kier molecular flexibility index (Phi) is 4.39. The number of fused-ring (bicyclic) bond motifs is 3. The molecule has 4 rings (SSSR count). The summed E-state index contributed by atoms with van der Waals surface area (Å²) in [7, 11) is 0. The Labute approximate surface area is 145 Å². The lowest BCUT2D eigenvalue weighted by Crippen LogP contribution is -2.20. The van der Waals surface area contributed by atoms with Crippen LogP contribution >= 0.6 is 11.3 Å². The molecule has 0 amide bonds. The molecule has 0 radical (unpaired) electrons. The molecule has 2 aliphatic carbocycles. The van der Waals surface area contributed by atoms with E-state index in [2.05, 4.69) is 9.97 Å². The first-order valence-corrected chi connectivity index (χ1v) is 9.69. The van der Waals surface area contributed by atoms with E-state index in [-0.39, 0.29) is 18.0 Å². The zero-order valence-corrected chi connectivity index (χ0v) is 14.7. The molecule has 1 atom stereocenters. The number of hydrogen-bond donors (Lipinski definition) is 0. The lowest BCUT2D eigenvalue weighted by Gasteiger charge is -2.23. The van der Waals surface area contributed by atoms with Crippen LogP contribution in [0.4, 0.5) is 0 Å². The van der Waals surface area contributed by atoms with Gasteiger partial charge in [0.05, 0.1) is 17.9 Å². The van der Waals surface area contributed by atoms with Crippen molar-refractivity contribution in [1.82, 2.24) is 9.97 Å². The number of aromatic nitrogens is 2. The highest BCUT2D eigenvalue weighted by molar-refractivity contribution is 7.19. The van der Waals surface area contributed by atoms with Crippen LogP contribution in [0.3, 0.4) is 0 Å². The second-order valence-corrected chi connectivity index (χ2v) is 7.60. The third kappa shape index (κ3) is 2.77. The van der Waals surface area contributed by atoms with Gasteiger partial charge >= 0.3 is 5.97 Å². The number of aryl methyl sites for hydroxylation is 1. The highest BCUT2D eigenvalue weighted by atomic mass is 32.1. The highest BCUT2D eigenvalue weighted by Crippen LogP contribution is 2.46. The van der Waals surface area contributed by atoms with Gasteiger partial charge in [-0.05, 0) is 51.0 Å². The lowest BCUT2D eigenvalue weighted by atomic mass is 9.97. The van der Waals surface area contributed by atoms with Gasteiger partial charge in [0.1, 0.15) is 17.3 Å². The molecule has 0 N–H and O–H groups in total. The lowest BCUT2D eigenvalue weighted by molar-refractivity contribution is -0.144. The number of thiophene rings is 1. The SMILES string of the molecule is CCOC(=O)C1CCc2sc3ncnc(OC4CCCCC4)c3c21. The molecule has 0 spiro atoms. The van der Waals surface area contributed by atoms with E-state index in [1.807, 2.05) is 6.92 Å². The molecule has 0 aliphatic heterocycles. The van der Waals surface area contributed by atoms with Crippen LogP contribution in [-0.2, 0) is 16.0 Å². The van der Waals surface area contributed by atoms with E-state index in [0.29, 0.717) is 12.5 Å². The van der Waals surface area contributed by atoms with Crippen molar-refractivity contribution < 1.29 is 14.3 Å². The Morgan fingerprint density at radius 2 is 2.08 bits per heavy atom. The van der Waals surface area contributed by atoms with Crippen LogP contribution in [0.15, 0.2) is 6.33 Å². The third-order valence-electron chi connectivity index (χ3n) is 4.98. The molecule has 2 aromatic heterocycles. The van der Waals surface area contributed by atoms with Crippen molar-refractivity contribution in [2.45, 2.75) is 63.9 Å². The number of hydrogen-bond acceptors (Lipinski definition) is 6. The number of esters is 1. The molecule has 1 saturated carbocycles. The van der Waals surface area contributed by atoms with Gasteiger partial charge in [0.2, 0.25) is 5.88 Å². The predicted octanol–water partition coefficient (Wildman–Crippen LogP) is 4.00. The fourth-order valence-corrected chi connectivity index (χ4v) is 5.06. The minimum atomic E-state index is -0.201. The average Bonchev–Trinajstić information content (AvgIpc) is 3.15. The van der Waals surface area contributed by atoms with E-state index < -0.39 is 0 Å². The molecule has 0 saturated heterocycles. The van der Waals surface area contributed by atoms with Gasteiger partial charge in [-0.2, -0.15) is 0 Å². The van der Waals surface area contributed by atoms with Crippen molar-refractivity contribution in [3.63, 3.8) is 0 Å². The summed E-state index contributed by atoms with van der Waals surface area (Å²) < 4.78 is 11.5. The van der Waals surface area contributed by atoms with Crippen molar-refractivity contribution in [3.05, 3.63) is 16.8 Å². The van der Waals surface area contributed by atoms with Crippen molar-refractivity contribution >= 4 is 27.5 Å². The van der Waals surface area contributed by atoms with Gasteiger partial charge in [-0.25, -0.2) is 9.97 Å². The summed E-state index contributed by atoms with van der Waals surface area (Å²) in [6, 6.07) is 0. The first-order valence-electron chi connectivity index (χ1n) is 8.87. The second-order valence-electron chi connectivity index (χ2n) is 6.52. The Hall–Kier alpha value is -1.69. The summed E-state index contributed by atoms with van der Waals surface area (Å²) in [4.78, 5) is 23.3. The van der Waals surface area contributed by atoms with E-state index in [9.17, 15) is 4.79 Å². The van der Waals surface area contributed by atoms with E-state index in [1.54, 1.807) is 17.7 Å². The molecule has 6 heteroatoms. The van der Waals surface area contributed by atoms with Crippen molar-refractivity contribution in [1.29, 1.82) is 0 Å². The zero-order valence-electron chi connectivity index (χ0n) is 13.9. The fourth-order valence-electron chi connectivity index (χ4n) is 3.86. The van der Waals surface area contributed by atoms with Crippen LogP contribution < -0.4 is 4.74 Å². The van der Waals surface area contributed by atoms with Crippen LogP contribution in [0, 0.1) is 0 Å². The molecule has 1 fully saturated rings. The molecule has 2 aromatic rings. The topological polar surface area (TPSA) is 61.3 Å². The maximum Gasteiger partial charge on any atom is 0.313 e. The van der Waals surface area contributed by atoms with Crippen molar-refractivity contribution in [3.8, 4) is 5.88 Å². The van der Waals surface area contributed by atoms with Gasteiger partial charge in [0.15, 0.2) is 0 Å². The fraction of sp³-hybridized carbons (Fsp3) is 0.611. The number of rotatable bonds is 4. The molecule has 2 aliphatic rings. The summed E-state index contributed by atoms with van der Waals surface area (Å²) in [5.74, 6) is 0.317. The van der Waals surface area contributed by atoms with Gasteiger partial charge in [0, 0.05) is 4.88 Å². The highest BCUT2D eigenvalue weighted by Gasteiger charge is 2.35. The first kappa shape index (κ1) is 15.8. The molecule has 0 aromatic carbocycles. The van der Waals surface area contributed by atoms with Crippen LogP contribution in [-0.4, -0.2) is 28.6 Å².